The molecule has 0 radical (unpaired) electrons. The topological polar surface area (TPSA) is 37.8 Å². The maximum atomic E-state index is 6.16. The van der Waals surface area contributed by atoms with E-state index in [4.69, 9.17) is 18.0 Å². The van der Waals surface area contributed by atoms with Gasteiger partial charge in [0, 0.05) is 23.9 Å². The minimum Gasteiger partial charge on any atom is -0.366 e. The summed E-state index contributed by atoms with van der Waals surface area (Å²) in [6.45, 7) is 4.04. The molecule has 1 saturated carbocycles. The van der Waals surface area contributed by atoms with Crippen molar-refractivity contribution in [3.05, 3.63) is 16.5 Å². The van der Waals surface area contributed by atoms with Crippen molar-refractivity contribution in [3.8, 4) is 12.3 Å². The van der Waals surface area contributed by atoms with E-state index in [1.54, 1.807) is 0 Å². The SMILES string of the molecule is C#CCC(CC)Nc1nc(C2CC2)nc(Cl)c1C. The van der Waals surface area contributed by atoms with Gasteiger partial charge in [0.2, 0.25) is 0 Å². The summed E-state index contributed by atoms with van der Waals surface area (Å²) in [5.74, 6) is 4.88. The first kappa shape index (κ1) is 13.2. The number of anilines is 1. The van der Waals surface area contributed by atoms with E-state index < -0.39 is 0 Å². The second-order valence-corrected chi connectivity index (χ2v) is 5.14. The van der Waals surface area contributed by atoms with E-state index in [2.05, 4.69) is 28.1 Å². The number of nitrogens with one attached hydrogen (secondary N) is 1. The molecule has 0 amide bonds. The van der Waals surface area contributed by atoms with E-state index in [-0.39, 0.29) is 6.04 Å². The fourth-order valence-corrected chi connectivity index (χ4v) is 1.98. The molecule has 18 heavy (non-hydrogen) atoms. The van der Waals surface area contributed by atoms with Crippen LogP contribution in [0.1, 0.15) is 49.9 Å². The molecule has 3 nitrogen and oxygen atoms in total. The lowest BCUT2D eigenvalue weighted by atomic mass is 10.1. The molecule has 96 valence electrons. The molecule has 1 N–H and O–H groups in total. The summed E-state index contributed by atoms with van der Waals surface area (Å²) in [7, 11) is 0. The monoisotopic (exact) mass is 263 g/mol. The molecular weight excluding hydrogens is 246 g/mol. The summed E-state index contributed by atoms with van der Waals surface area (Å²) in [6.07, 6.45) is 9.35. The fourth-order valence-electron chi connectivity index (χ4n) is 1.80. The molecule has 2 rings (SSSR count). The second-order valence-electron chi connectivity index (χ2n) is 4.78. The predicted octanol–water partition coefficient (Wildman–Crippen LogP) is 3.53. The number of aromatic nitrogens is 2. The molecular formula is C14H18ClN3. The Kier molecular flexibility index (Phi) is 4.08. The first-order valence-electron chi connectivity index (χ1n) is 6.39. The summed E-state index contributed by atoms with van der Waals surface area (Å²) >= 11 is 6.16. The molecule has 1 unspecified atom stereocenters. The van der Waals surface area contributed by atoms with Gasteiger partial charge < -0.3 is 5.32 Å². The molecule has 1 fully saturated rings. The molecule has 0 bridgehead atoms. The van der Waals surface area contributed by atoms with Crippen molar-refractivity contribution >= 4 is 17.4 Å². The van der Waals surface area contributed by atoms with Crippen LogP contribution in [0.2, 0.25) is 5.15 Å². The van der Waals surface area contributed by atoms with E-state index in [1.807, 2.05) is 6.92 Å². The van der Waals surface area contributed by atoms with Gasteiger partial charge in [-0.1, -0.05) is 18.5 Å². The van der Waals surface area contributed by atoms with Crippen LogP contribution in [0.4, 0.5) is 5.82 Å². The first-order valence-corrected chi connectivity index (χ1v) is 6.77. The van der Waals surface area contributed by atoms with Gasteiger partial charge >= 0.3 is 0 Å². The zero-order chi connectivity index (χ0) is 13.1. The van der Waals surface area contributed by atoms with Crippen molar-refractivity contribution in [2.75, 3.05) is 5.32 Å². The van der Waals surface area contributed by atoms with Crippen molar-refractivity contribution in [1.82, 2.24) is 9.97 Å². The molecule has 1 aromatic heterocycles. The zero-order valence-electron chi connectivity index (χ0n) is 10.8. The Labute approximate surface area is 113 Å². The Morgan fingerprint density at radius 2 is 2.22 bits per heavy atom. The third kappa shape index (κ3) is 2.94. The Morgan fingerprint density at radius 3 is 2.78 bits per heavy atom. The standard InChI is InChI=1S/C14H18ClN3/c1-4-6-11(5-2)16-13-9(3)12(15)17-14(18-13)10-7-8-10/h1,10-11H,5-8H2,2-3H3,(H,16,17,18). The number of nitrogens with zero attached hydrogens (tertiary/aromatic N) is 2. The zero-order valence-corrected chi connectivity index (χ0v) is 11.6. The molecule has 0 spiro atoms. The van der Waals surface area contributed by atoms with Crippen LogP contribution in [0.5, 0.6) is 0 Å². The van der Waals surface area contributed by atoms with Crippen LogP contribution in [0.25, 0.3) is 0 Å². The Bertz CT molecular complexity index is 475. The first-order chi connectivity index (χ1) is 8.65. The highest BCUT2D eigenvalue weighted by Gasteiger charge is 2.28. The van der Waals surface area contributed by atoms with E-state index >= 15 is 0 Å². The van der Waals surface area contributed by atoms with Crippen molar-refractivity contribution < 1.29 is 0 Å². The second kappa shape index (κ2) is 5.58. The number of hydrogen-bond acceptors (Lipinski definition) is 3. The van der Waals surface area contributed by atoms with E-state index in [0.29, 0.717) is 17.5 Å². The summed E-state index contributed by atoms with van der Waals surface area (Å²) in [4.78, 5) is 8.94. The van der Waals surface area contributed by atoms with Crippen LogP contribution < -0.4 is 5.32 Å². The van der Waals surface area contributed by atoms with Crippen molar-refractivity contribution in [2.45, 2.75) is 51.5 Å². The molecule has 1 aromatic rings. The van der Waals surface area contributed by atoms with Gasteiger partial charge in [0.25, 0.3) is 0 Å². The number of halogens is 1. The molecule has 0 aliphatic heterocycles. The van der Waals surface area contributed by atoms with Crippen molar-refractivity contribution in [1.29, 1.82) is 0 Å². The van der Waals surface area contributed by atoms with E-state index in [9.17, 15) is 0 Å². The van der Waals surface area contributed by atoms with Gasteiger partial charge in [0.15, 0.2) is 0 Å². The normalized spacial score (nSPS) is 16.1. The molecule has 1 atom stereocenters. The summed E-state index contributed by atoms with van der Waals surface area (Å²) in [6, 6.07) is 0.242. The third-order valence-corrected chi connectivity index (χ3v) is 3.61. The van der Waals surface area contributed by atoms with E-state index in [1.165, 1.54) is 12.8 Å². The molecule has 4 heteroatoms. The largest absolute Gasteiger partial charge is 0.366 e. The molecule has 0 saturated heterocycles. The van der Waals surface area contributed by atoms with Crippen molar-refractivity contribution in [3.63, 3.8) is 0 Å². The number of hydrogen-bond donors (Lipinski definition) is 1. The van der Waals surface area contributed by atoms with Gasteiger partial charge in [-0.2, -0.15) is 0 Å². The van der Waals surface area contributed by atoms with Crippen molar-refractivity contribution in [2.24, 2.45) is 0 Å². The lowest BCUT2D eigenvalue weighted by Gasteiger charge is -2.17. The van der Waals surface area contributed by atoms with Gasteiger partial charge in [0.1, 0.15) is 16.8 Å². The van der Waals surface area contributed by atoms with Crippen LogP contribution in [0.15, 0.2) is 0 Å². The molecule has 1 aliphatic carbocycles. The van der Waals surface area contributed by atoms with Gasteiger partial charge in [-0.3, -0.25) is 0 Å². The van der Waals surface area contributed by atoms with Gasteiger partial charge in [-0.25, -0.2) is 9.97 Å². The molecule has 1 heterocycles. The summed E-state index contributed by atoms with van der Waals surface area (Å²) in [5, 5.41) is 3.93. The van der Waals surface area contributed by atoms with Gasteiger partial charge in [-0.15, -0.1) is 12.3 Å². The minimum absolute atomic E-state index is 0.242. The average molecular weight is 264 g/mol. The maximum Gasteiger partial charge on any atom is 0.137 e. The Balaban J connectivity index is 2.22. The fraction of sp³-hybridized carbons (Fsp3) is 0.571. The number of rotatable bonds is 5. The Morgan fingerprint density at radius 1 is 1.50 bits per heavy atom. The molecule has 1 aliphatic rings. The highest BCUT2D eigenvalue weighted by atomic mass is 35.5. The molecule has 0 aromatic carbocycles. The minimum atomic E-state index is 0.242. The summed E-state index contributed by atoms with van der Waals surface area (Å²) in [5.41, 5.74) is 0.900. The quantitative estimate of drug-likeness (QED) is 0.652. The lowest BCUT2D eigenvalue weighted by Crippen LogP contribution is -2.20. The van der Waals surface area contributed by atoms with Crippen LogP contribution in [-0.2, 0) is 0 Å². The Hall–Kier alpha value is -1.27. The smallest absolute Gasteiger partial charge is 0.137 e. The third-order valence-electron chi connectivity index (χ3n) is 3.24. The van der Waals surface area contributed by atoms with Gasteiger partial charge in [-0.05, 0) is 26.2 Å². The van der Waals surface area contributed by atoms with E-state index in [0.717, 1.165) is 23.6 Å². The van der Waals surface area contributed by atoms with Crippen LogP contribution >= 0.6 is 11.6 Å². The number of terminal acetylenes is 1. The van der Waals surface area contributed by atoms with Gasteiger partial charge in [0.05, 0.1) is 0 Å². The maximum absolute atomic E-state index is 6.16. The highest BCUT2D eigenvalue weighted by molar-refractivity contribution is 6.30. The lowest BCUT2D eigenvalue weighted by molar-refractivity contribution is 0.707. The highest BCUT2D eigenvalue weighted by Crippen LogP contribution is 2.39. The van der Waals surface area contributed by atoms with Crippen LogP contribution in [0, 0.1) is 19.3 Å². The van der Waals surface area contributed by atoms with Crippen LogP contribution in [-0.4, -0.2) is 16.0 Å². The average Bonchev–Trinajstić information content (AvgIpc) is 3.18. The van der Waals surface area contributed by atoms with Crippen LogP contribution in [0.3, 0.4) is 0 Å². The predicted molar refractivity (Wildman–Crippen MR) is 74.9 cm³/mol. The summed E-state index contributed by atoms with van der Waals surface area (Å²) < 4.78 is 0.